The topological polar surface area (TPSA) is 38.7 Å². The molecule has 0 N–H and O–H groups in total. The first-order valence-electron chi connectivity index (χ1n) is 5.95. The number of aryl methyl sites for hydroxylation is 3. The van der Waals surface area contributed by atoms with Crippen LogP contribution in [0, 0.1) is 13.8 Å². The number of benzene rings is 1. The minimum atomic E-state index is 0.551. The van der Waals surface area contributed by atoms with Gasteiger partial charge in [-0.05, 0) is 56.4 Å². The zero-order valence-corrected chi connectivity index (χ0v) is 10.7. The van der Waals surface area contributed by atoms with E-state index in [9.17, 15) is 4.79 Å². The van der Waals surface area contributed by atoms with Crippen LogP contribution in [0.2, 0.25) is 0 Å². The second kappa shape index (κ2) is 6.87. The maximum atomic E-state index is 9.95. The molecule has 3 nitrogen and oxygen atoms in total. The Morgan fingerprint density at radius 2 is 2.06 bits per heavy atom. The van der Waals surface area contributed by atoms with Crippen molar-refractivity contribution < 1.29 is 9.53 Å². The molecule has 0 aliphatic rings. The van der Waals surface area contributed by atoms with Crippen molar-refractivity contribution in [2.24, 2.45) is 4.99 Å². The van der Waals surface area contributed by atoms with Gasteiger partial charge >= 0.3 is 0 Å². The van der Waals surface area contributed by atoms with Crippen LogP contribution in [0.1, 0.15) is 30.0 Å². The van der Waals surface area contributed by atoms with Gasteiger partial charge in [-0.3, -0.25) is 0 Å². The van der Waals surface area contributed by atoms with E-state index in [1.54, 1.807) is 6.08 Å². The molecule has 92 valence electrons. The highest BCUT2D eigenvalue weighted by Gasteiger charge is 2.05. The lowest BCUT2D eigenvalue weighted by molar-refractivity contribution is 0.337. The fraction of sp³-hybridized carbons (Fsp3) is 0.500. The van der Waals surface area contributed by atoms with Crippen LogP contribution in [0.15, 0.2) is 17.1 Å². The van der Waals surface area contributed by atoms with E-state index in [2.05, 4.69) is 31.0 Å². The molecule has 0 atom stereocenters. The minimum Gasteiger partial charge on any atom is -0.494 e. The summed E-state index contributed by atoms with van der Waals surface area (Å²) in [7, 11) is 0. The van der Waals surface area contributed by atoms with Gasteiger partial charge < -0.3 is 4.74 Å². The van der Waals surface area contributed by atoms with Crippen molar-refractivity contribution in [3.8, 4) is 5.75 Å². The summed E-state index contributed by atoms with van der Waals surface area (Å²) < 4.78 is 5.55. The number of isocyanates is 1. The normalized spacial score (nSPS) is 9.82. The molecule has 0 saturated heterocycles. The Bertz CT molecular complexity index is 420. The molecule has 0 fully saturated rings. The second-order valence-electron chi connectivity index (χ2n) is 4.05. The van der Waals surface area contributed by atoms with Gasteiger partial charge in [0.2, 0.25) is 6.08 Å². The maximum absolute atomic E-state index is 9.95. The van der Waals surface area contributed by atoms with Gasteiger partial charge in [0.15, 0.2) is 0 Å². The summed E-state index contributed by atoms with van der Waals surface area (Å²) in [5.41, 5.74) is 3.69. The van der Waals surface area contributed by atoms with E-state index < -0.39 is 0 Å². The number of aliphatic imine (C=N–C) groups is 1. The second-order valence-corrected chi connectivity index (χ2v) is 4.05. The van der Waals surface area contributed by atoms with Crippen LogP contribution >= 0.6 is 0 Å². The van der Waals surface area contributed by atoms with Crippen LogP contribution in [0.25, 0.3) is 0 Å². The highest BCUT2D eigenvalue weighted by Crippen LogP contribution is 2.23. The fourth-order valence-corrected chi connectivity index (χ4v) is 1.82. The molecule has 0 aliphatic heterocycles. The van der Waals surface area contributed by atoms with Crippen molar-refractivity contribution in [1.29, 1.82) is 0 Å². The van der Waals surface area contributed by atoms with Gasteiger partial charge in [0.05, 0.1) is 13.2 Å². The van der Waals surface area contributed by atoms with Gasteiger partial charge in [-0.15, -0.1) is 0 Å². The quantitative estimate of drug-likeness (QED) is 0.430. The Kier molecular flexibility index (Phi) is 5.44. The van der Waals surface area contributed by atoms with E-state index >= 15 is 0 Å². The third-order valence-corrected chi connectivity index (χ3v) is 2.71. The summed E-state index contributed by atoms with van der Waals surface area (Å²) in [6.07, 6.45) is 3.37. The molecule has 0 heterocycles. The molecule has 1 aromatic rings. The van der Waals surface area contributed by atoms with Gasteiger partial charge in [0.25, 0.3) is 0 Å². The summed E-state index contributed by atoms with van der Waals surface area (Å²) in [6, 6.07) is 4.24. The minimum absolute atomic E-state index is 0.551. The molecule has 3 heteroatoms. The van der Waals surface area contributed by atoms with E-state index in [0.29, 0.717) is 13.2 Å². The smallest absolute Gasteiger partial charge is 0.234 e. The molecule has 17 heavy (non-hydrogen) atoms. The van der Waals surface area contributed by atoms with Crippen molar-refractivity contribution in [2.75, 3.05) is 13.2 Å². The van der Waals surface area contributed by atoms with Crippen LogP contribution in [0.3, 0.4) is 0 Å². The highest BCUT2D eigenvalue weighted by atomic mass is 16.5. The largest absolute Gasteiger partial charge is 0.494 e. The van der Waals surface area contributed by atoms with Crippen molar-refractivity contribution in [3.05, 3.63) is 28.8 Å². The number of nitrogens with zero attached hydrogens (tertiary/aromatic N) is 1. The Morgan fingerprint density at radius 3 is 2.71 bits per heavy atom. The molecule has 0 unspecified atom stereocenters. The van der Waals surface area contributed by atoms with Crippen molar-refractivity contribution >= 4 is 6.08 Å². The van der Waals surface area contributed by atoms with Gasteiger partial charge in [-0.25, -0.2) is 9.79 Å². The van der Waals surface area contributed by atoms with Gasteiger partial charge in [-0.1, -0.05) is 6.07 Å². The van der Waals surface area contributed by atoms with E-state index in [4.69, 9.17) is 4.74 Å². The molecule has 1 aromatic carbocycles. The van der Waals surface area contributed by atoms with Gasteiger partial charge in [-0.2, -0.15) is 0 Å². The van der Waals surface area contributed by atoms with E-state index in [-0.39, 0.29) is 0 Å². The average molecular weight is 233 g/mol. The van der Waals surface area contributed by atoms with Gasteiger partial charge in [0.1, 0.15) is 5.75 Å². The zero-order valence-electron chi connectivity index (χ0n) is 10.7. The fourth-order valence-electron chi connectivity index (χ4n) is 1.82. The molecular formula is C14H19NO2. The Labute approximate surface area is 103 Å². The molecule has 0 radical (unpaired) electrons. The van der Waals surface area contributed by atoms with Crippen molar-refractivity contribution in [1.82, 2.24) is 0 Å². The summed E-state index contributed by atoms with van der Waals surface area (Å²) >= 11 is 0. The first kappa shape index (κ1) is 13.5. The molecule has 0 amide bonds. The SMILES string of the molecule is CCOc1cc(C)c(CCCN=C=O)cc1C. The molecule has 0 aromatic heterocycles. The predicted octanol–water partition coefficient (Wildman–Crippen LogP) is 2.97. The molecule has 0 bridgehead atoms. The van der Waals surface area contributed by atoms with E-state index in [1.807, 2.05) is 6.92 Å². The van der Waals surface area contributed by atoms with E-state index in [0.717, 1.165) is 24.2 Å². The Balaban J connectivity index is 2.73. The molecule has 0 aliphatic carbocycles. The number of ether oxygens (including phenoxy) is 1. The molecular weight excluding hydrogens is 214 g/mol. The number of rotatable bonds is 6. The monoisotopic (exact) mass is 233 g/mol. The molecule has 0 spiro atoms. The average Bonchev–Trinajstić information content (AvgIpc) is 2.30. The lowest BCUT2D eigenvalue weighted by Gasteiger charge is -2.12. The summed E-state index contributed by atoms with van der Waals surface area (Å²) in [4.78, 5) is 13.5. The first-order chi connectivity index (χ1) is 8.19. The highest BCUT2D eigenvalue weighted by molar-refractivity contribution is 5.41. The number of carbonyl (C=O) groups excluding carboxylic acids is 1. The Morgan fingerprint density at radius 1 is 1.29 bits per heavy atom. The molecule has 0 saturated carbocycles. The summed E-state index contributed by atoms with van der Waals surface area (Å²) in [6.45, 7) is 7.36. The van der Waals surface area contributed by atoms with Crippen LogP contribution in [-0.4, -0.2) is 19.2 Å². The third-order valence-electron chi connectivity index (χ3n) is 2.71. The lowest BCUT2D eigenvalue weighted by atomic mass is 10.0. The lowest BCUT2D eigenvalue weighted by Crippen LogP contribution is -1.98. The summed E-state index contributed by atoms with van der Waals surface area (Å²) in [5, 5.41) is 0. The van der Waals surface area contributed by atoms with Crippen molar-refractivity contribution in [3.63, 3.8) is 0 Å². The standard InChI is InChI=1S/C14H19NO2/c1-4-17-14-9-11(2)13(8-12(14)3)6-5-7-15-10-16/h8-9H,4-7H2,1-3H3. The first-order valence-corrected chi connectivity index (χ1v) is 5.95. The zero-order chi connectivity index (χ0) is 12.7. The van der Waals surface area contributed by atoms with Crippen molar-refractivity contribution in [2.45, 2.75) is 33.6 Å². The number of hydrogen-bond acceptors (Lipinski definition) is 3. The predicted molar refractivity (Wildman–Crippen MR) is 68.4 cm³/mol. The van der Waals surface area contributed by atoms with E-state index in [1.165, 1.54) is 11.1 Å². The Hall–Kier alpha value is -1.60. The van der Waals surface area contributed by atoms with Crippen LogP contribution in [0.5, 0.6) is 5.75 Å². The molecule has 1 rings (SSSR count). The van der Waals surface area contributed by atoms with Gasteiger partial charge in [0, 0.05) is 0 Å². The van der Waals surface area contributed by atoms with Crippen LogP contribution in [-0.2, 0) is 11.2 Å². The van der Waals surface area contributed by atoms with Crippen LogP contribution in [0.4, 0.5) is 0 Å². The number of hydrogen-bond donors (Lipinski definition) is 0. The maximum Gasteiger partial charge on any atom is 0.234 e. The third kappa shape index (κ3) is 4.04. The van der Waals surface area contributed by atoms with Crippen LogP contribution < -0.4 is 4.74 Å². The summed E-state index contributed by atoms with van der Waals surface area (Å²) in [5.74, 6) is 0.958.